The third kappa shape index (κ3) is 2.76. The van der Waals surface area contributed by atoms with Crippen molar-refractivity contribution in [3.05, 3.63) is 29.1 Å². The Labute approximate surface area is 136 Å². The predicted octanol–water partition coefficient (Wildman–Crippen LogP) is 0.613. The first-order chi connectivity index (χ1) is 10.9. The highest BCUT2D eigenvalue weighted by atomic mass is 32.1. The molecule has 23 heavy (non-hydrogen) atoms. The molecule has 1 aromatic heterocycles. The maximum atomic E-state index is 11.3. The number of amides is 2. The molecule has 0 radical (unpaired) electrons. The van der Waals surface area contributed by atoms with E-state index in [0.29, 0.717) is 22.8 Å². The van der Waals surface area contributed by atoms with Crippen LogP contribution in [0.2, 0.25) is 0 Å². The van der Waals surface area contributed by atoms with E-state index in [9.17, 15) is 9.59 Å². The summed E-state index contributed by atoms with van der Waals surface area (Å²) >= 11 is 1.33. The number of rotatable bonds is 3. The van der Waals surface area contributed by atoms with Gasteiger partial charge in [0.2, 0.25) is 11.8 Å². The lowest BCUT2D eigenvalue weighted by molar-refractivity contribution is -0.115. The zero-order chi connectivity index (χ0) is 16.7. The van der Waals surface area contributed by atoms with Gasteiger partial charge in [-0.25, -0.2) is 9.98 Å². The highest BCUT2D eigenvalue weighted by Crippen LogP contribution is 2.38. The normalized spacial score (nSPS) is 19.7. The number of carbonyl (C=O) groups excluding carboxylic acids is 2. The number of fused-ring (bicyclic) bond motifs is 1. The first-order valence-corrected chi connectivity index (χ1v) is 7.77. The molecule has 1 aliphatic carbocycles. The van der Waals surface area contributed by atoms with E-state index in [0.717, 1.165) is 16.4 Å². The Balaban J connectivity index is 1.93. The molecule has 2 heterocycles. The van der Waals surface area contributed by atoms with Gasteiger partial charge in [0.1, 0.15) is 5.00 Å². The molecular formula is C14H16N6O2S. The summed E-state index contributed by atoms with van der Waals surface area (Å²) in [5.41, 5.74) is 14.1. The van der Waals surface area contributed by atoms with Crippen molar-refractivity contribution >= 4 is 39.0 Å². The molecule has 0 aromatic carbocycles. The molecule has 1 aromatic rings. The average molecular weight is 332 g/mol. The molecule has 1 unspecified atom stereocenters. The van der Waals surface area contributed by atoms with Crippen LogP contribution in [0.25, 0.3) is 0 Å². The van der Waals surface area contributed by atoms with Crippen LogP contribution in [0.1, 0.15) is 19.0 Å². The van der Waals surface area contributed by atoms with Gasteiger partial charge in [-0.15, -0.1) is 0 Å². The zero-order valence-electron chi connectivity index (χ0n) is 12.7. The molecule has 5 N–H and O–H groups in total. The Morgan fingerprint density at radius 2 is 2.22 bits per heavy atom. The highest BCUT2D eigenvalue weighted by Gasteiger charge is 2.33. The summed E-state index contributed by atoms with van der Waals surface area (Å²) < 4.78 is 0. The Morgan fingerprint density at radius 3 is 2.87 bits per heavy atom. The van der Waals surface area contributed by atoms with Crippen LogP contribution in [0, 0.1) is 6.92 Å². The Kier molecular flexibility index (Phi) is 3.74. The Morgan fingerprint density at radius 1 is 1.48 bits per heavy atom. The van der Waals surface area contributed by atoms with E-state index in [1.54, 1.807) is 6.08 Å². The number of hydrogen-bond acceptors (Lipinski definition) is 7. The van der Waals surface area contributed by atoms with E-state index in [-0.39, 0.29) is 5.91 Å². The zero-order valence-corrected chi connectivity index (χ0v) is 13.5. The number of anilines is 2. The molecule has 120 valence electrons. The van der Waals surface area contributed by atoms with E-state index in [2.05, 4.69) is 15.3 Å². The Bertz CT molecular complexity index is 791. The second-order valence-corrected chi connectivity index (χ2v) is 6.19. The molecule has 0 saturated carbocycles. The molecular weight excluding hydrogens is 316 g/mol. The van der Waals surface area contributed by atoms with Crippen LogP contribution in [0.5, 0.6) is 0 Å². The van der Waals surface area contributed by atoms with E-state index < -0.39 is 12.2 Å². The molecule has 2 amide bonds. The Hall–Kier alpha value is -2.52. The van der Waals surface area contributed by atoms with E-state index >= 15 is 0 Å². The first-order valence-electron chi connectivity index (χ1n) is 6.95. The van der Waals surface area contributed by atoms with Gasteiger partial charge in [-0.05, 0) is 19.4 Å². The van der Waals surface area contributed by atoms with E-state index in [1.807, 2.05) is 17.9 Å². The topological polar surface area (TPSA) is 127 Å². The van der Waals surface area contributed by atoms with Crippen LogP contribution in [0.3, 0.4) is 0 Å². The summed E-state index contributed by atoms with van der Waals surface area (Å²) in [5, 5.41) is 3.99. The van der Waals surface area contributed by atoms with Gasteiger partial charge in [-0.2, -0.15) is 0 Å². The number of nitrogens with one attached hydrogen (secondary N) is 1. The summed E-state index contributed by atoms with van der Waals surface area (Å²) in [6.07, 6.45) is 3.37. The first kappa shape index (κ1) is 15.4. The minimum absolute atomic E-state index is 0.182. The van der Waals surface area contributed by atoms with Crippen molar-refractivity contribution in [3.63, 3.8) is 0 Å². The molecule has 0 saturated heterocycles. The number of carbonyl (C=O) groups is 2. The van der Waals surface area contributed by atoms with Crippen LogP contribution in [-0.2, 0) is 9.59 Å². The number of hydrogen-bond donors (Lipinski definition) is 3. The molecule has 8 nitrogen and oxygen atoms in total. The number of nitrogens with two attached hydrogens (primary N) is 2. The predicted molar refractivity (Wildman–Crippen MR) is 89.0 cm³/mol. The minimum Gasteiger partial charge on any atom is -0.366 e. The lowest BCUT2D eigenvalue weighted by atomic mass is 10.0. The van der Waals surface area contributed by atoms with Crippen LogP contribution < -0.4 is 21.7 Å². The smallest absolute Gasteiger partial charge is 0.245 e. The van der Waals surface area contributed by atoms with Crippen molar-refractivity contribution in [3.8, 4) is 0 Å². The van der Waals surface area contributed by atoms with Crippen molar-refractivity contribution in [2.75, 3.05) is 10.2 Å². The fraction of sp³-hybridized carbons (Fsp3) is 0.286. The maximum Gasteiger partial charge on any atom is 0.245 e. The van der Waals surface area contributed by atoms with Crippen molar-refractivity contribution in [1.82, 2.24) is 4.98 Å². The van der Waals surface area contributed by atoms with Crippen LogP contribution in [0.15, 0.2) is 28.4 Å². The minimum atomic E-state index is -0.607. The second kappa shape index (κ2) is 5.60. The van der Waals surface area contributed by atoms with Crippen LogP contribution in [-0.4, -0.2) is 28.8 Å². The largest absolute Gasteiger partial charge is 0.366 e. The van der Waals surface area contributed by atoms with Crippen molar-refractivity contribution < 1.29 is 9.59 Å². The maximum absolute atomic E-state index is 11.3. The molecule has 0 bridgehead atoms. The number of aryl methyl sites for hydroxylation is 1. The second-order valence-electron chi connectivity index (χ2n) is 5.22. The fourth-order valence-corrected chi connectivity index (χ4v) is 3.55. The van der Waals surface area contributed by atoms with Gasteiger partial charge in [0, 0.05) is 12.5 Å². The SMILES string of the molecule is CC(=O)Nc1nc(C)c(N2C3=CCC(C(N)=O)=CC3=NC2N)s1. The van der Waals surface area contributed by atoms with Crippen molar-refractivity contribution in [1.29, 1.82) is 0 Å². The molecule has 0 spiro atoms. The molecule has 1 aliphatic heterocycles. The van der Waals surface area contributed by atoms with Crippen molar-refractivity contribution in [2.45, 2.75) is 26.6 Å². The van der Waals surface area contributed by atoms with E-state index in [1.165, 1.54) is 18.3 Å². The molecule has 9 heteroatoms. The monoisotopic (exact) mass is 332 g/mol. The number of allylic oxidation sites excluding steroid dienone is 2. The third-order valence-electron chi connectivity index (χ3n) is 3.47. The number of nitrogens with zero attached hydrogens (tertiary/aromatic N) is 3. The third-order valence-corrected chi connectivity index (χ3v) is 4.55. The van der Waals surface area contributed by atoms with Gasteiger partial charge >= 0.3 is 0 Å². The van der Waals surface area contributed by atoms with Crippen LogP contribution in [0.4, 0.5) is 10.1 Å². The number of aliphatic imine (C=N–C) groups is 1. The van der Waals surface area contributed by atoms with E-state index in [4.69, 9.17) is 11.5 Å². The van der Waals surface area contributed by atoms with Crippen LogP contribution >= 0.6 is 11.3 Å². The lowest BCUT2D eigenvalue weighted by Gasteiger charge is -2.24. The highest BCUT2D eigenvalue weighted by molar-refractivity contribution is 7.19. The molecule has 0 fully saturated rings. The molecule has 2 aliphatic rings. The summed E-state index contributed by atoms with van der Waals surface area (Å²) in [7, 11) is 0. The summed E-state index contributed by atoms with van der Waals surface area (Å²) in [4.78, 5) is 33.0. The van der Waals surface area contributed by atoms with Crippen molar-refractivity contribution in [2.24, 2.45) is 16.5 Å². The van der Waals surface area contributed by atoms with Gasteiger partial charge < -0.3 is 11.1 Å². The van der Waals surface area contributed by atoms with Gasteiger partial charge in [-0.1, -0.05) is 17.4 Å². The lowest BCUT2D eigenvalue weighted by Crippen LogP contribution is -2.36. The van der Waals surface area contributed by atoms with Gasteiger partial charge in [0.15, 0.2) is 11.4 Å². The number of aromatic nitrogens is 1. The average Bonchev–Trinajstić information content (AvgIpc) is 2.96. The standard InChI is InChI=1S/C14H16N6O2S/c1-6-12(23-14(17-6)18-7(2)21)20-10-4-3-8(11(15)22)5-9(10)19-13(20)16/h4-5,13H,3,16H2,1-2H3,(H2,15,22)(H,17,18,21). The summed E-state index contributed by atoms with van der Waals surface area (Å²) in [5.74, 6) is -0.643. The number of primary amides is 1. The van der Waals surface area contributed by atoms with Gasteiger partial charge in [0.25, 0.3) is 0 Å². The quantitative estimate of drug-likeness (QED) is 0.747. The fourth-order valence-electron chi connectivity index (χ4n) is 2.49. The molecule has 3 rings (SSSR count). The molecule has 1 atom stereocenters. The van der Waals surface area contributed by atoms with Gasteiger partial charge in [-0.3, -0.25) is 20.2 Å². The summed E-state index contributed by atoms with van der Waals surface area (Å²) in [6.45, 7) is 3.27. The summed E-state index contributed by atoms with van der Waals surface area (Å²) in [6, 6.07) is 0. The number of thiazole rings is 1. The van der Waals surface area contributed by atoms with Gasteiger partial charge in [0.05, 0.1) is 17.1 Å².